The van der Waals surface area contributed by atoms with E-state index in [4.69, 9.17) is 9.97 Å². The quantitative estimate of drug-likeness (QED) is 0.908. The Hall–Kier alpha value is -1.40. The van der Waals surface area contributed by atoms with Crippen molar-refractivity contribution in [2.75, 3.05) is 36.4 Å². The van der Waals surface area contributed by atoms with Crippen molar-refractivity contribution >= 4 is 33.3 Å². The van der Waals surface area contributed by atoms with Crippen LogP contribution in [-0.4, -0.2) is 42.2 Å². The van der Waals surface area contributed by atoms with Crippen molar-refractivity contribution in [2.24, 2.45) is 0 Å². The summed E-state index contributed by atoms with van der Waals surface area (Å²) in [6, 6.07) is 0.364. The highest BCUT2D eigenvalue weighted by atomic mass is 32.1. The van der Waals surface area contributed by atoms with Gasteiger partial charge >= 0.3 is 0 Å². The van der Waals surface area contributed by atoms with Gasteiger partial charge in [0.05, 0.1) is 5.39 Å². The number of nitrogens with one attached hydrogen (secondary N) is 2. The summed E-state index contributed by atoms with van der Waals surface area (Å²) in [4.78, 5) is 12.9. The number of piperazine rings is 1. The topological polar surface area (TPSA) is 53.1 Å². The molecule has 2 aromatic rings. The molecular weight excluding hydrogens is 270 g/mol. The number of hydrogen-bond acceptors (Lipinski definition) is 6. The highest BCUT2D eigenvalue weighted by molar-refractivity contribution is 7.17. The number of aryl methyl sites for hydroxylation is 1. The molecule has 0 atom stereocenters. The third kappa shape index (κ3) is 2.58. The van der Waals surface area contributed by atoms with Gasteiger partial charge in [-0.05, 0) is 31.7 Å². The molecule has 1 aliphatic rings. The molecule has 0 aromatic carbocycles. The zero-order chi connectivity index (χ0) is 14.1. The van der Waals surface area contributed by atoms with Crippen molar-refractivity contribution in [3.63, 3.8) is 0 Å². The lowest BCUT2D eigenvalue weighted by Gasteiger charge is -2.27. The molecule has 1 saturated heterocycles. The summed E-state index contributed by atoms with van der Waals surface area (Å²) in [5, 5.41) is 10.2. The summed E-state index contributed by atoms with van der Waals surface area (Å²) in [7, 11) is 0. The summed E-state index contributed by atoms with van der Waals surface area (Å²) in [5.74, 6) is 1.82. The van der Waals surface area contributed by atoms with Crippen molar-refractivity contribution in [3.8, 4) is 0 Å². The van der Waals surface area contributed by atoms with Crippen molar-refractivity contribution in [2.45, 2.75) is 26.8 Å². The first kappa shape index (κ1) is 13.6. The molecule has 0 amide bonds. The van der Waals surface area contributed by atoms with E-state index in [9.17, 15) is 0 Å². The molecule has 2 aromatic heterocycles. The van der Waals surface area contributed by atoms with Gasteiger partial charge in [0.2, 0.25) is 5.95 Å². The largest absolute Gasteiger partial charge is 0.367 e. The van der Waals surface area contributed by atoms with E-state index < -0.39 is 0 Å². The summed E-state index contributed by atoms with van der Waals surface area (Å²) in [6.07, 6.45) is 0. The van der Waals surface area contributed by atoms with Gasteiger partial charge in [-0.1, -0.05) is 0 Å². The minimum Gasteiger partial charge on any atom is -0.367 e. The smallest absolute Gasteiger partial charge is 0.228 e. The molecule has 2 N–H and O–H groups in total. The number of nitrogens with zero attached hydrogens (tertiary/aromatic N) is 3. The molecule has 0 spiro atoms. The van der Waals surface area contributed by atoms with E-state index in [-0.39, 0.29) is 0 Å². The van der Waals surface area contributed by atoms with Crippen LogP contribution in [0.2, 0.25) is 0 Å². The van der Waals surface area contributed by atoms with Crippen LogP contribution < -0.4 is 15.5 Å². The molecule has 3 rings (SSSR count). The Labute approximate surface area is 123 Å². The molecule has 0 bridgehead atoms. The van der Waals surface area contributed by atoms with Crippen molar-refractivity contribution in [3.05, 3.63) is 10.9 Å². The first-order valence-electron chi connectivity index (χ1n) is 7.13. The highest BCUT2D eigenvalue weighted by Gasteiger charge is 2.18. The Morgan fingerprint density at radius 3 is 2.75 bits per heavy atom. The van der Waals surface area contributed by atoms with E-state index in [0.717, 1.165) is 42.8 Å². The van der Waals surface area contributed by atoms with Gasteiger partial charge in [0.15, 0.2) is 0 Å². The first-order valence-corrected chi connectivity index (χ1v) is 8.01. The van der Waals surface area contributed by atoms with E-state index in [1.54, 1.807) is 11.3 Å². The number of thiophene rings is 1. The monoisotopic (exact) mass is 291 g/mol. The molecule has 3 heterocycles. The van der Waals surface area contributed by atoms with E-state index in [0.29, 0.717) is 6.04 Å². The minimum absolute atomic E-state index is 0.364. The van der Waals surface area contributed by atoms with Gasteiger partial charge in [0.1, 0.15) is 10.6 Å². The Kier molecular flexibility index (Phi) is 3.76. The number of hydrogen-bond donors (Lipinski definition) is 2. The van der Waals surface area contributed by atoms with Gasteiger partial charge in [-0.3, -0.25) is 0 Å². The number of anilines is 2. The highest BCUT2D eigenvalue weighted by Crippen LogP contribution is 2.31. The average Bonchev–Trinajstić information content (AvgIpc) is 2.81. The third-order valence-electron chi connectivity index (χ3n) is 3.43. The molecule has 0 saturated carbocycles. The molecule has 0 unspecified atom stereocenters. The lowest BCUT2D eigenvalue weighted by atomic mass is 10.2. The fourth-order valence-electron chi connectivity index (χ4n) is 2.46. The third-order valence-corrected chi connectivity index (χ3v) is 4.42. The summed E-state index contributed by atoms with van der Waals surface area (Å²) in [6.45, 7) is 10.3. The second-order valence-corrected chi connectivity index (χ2v) is 6.37. The molecule has 5 nitrogen and oxygen atoms in total. The lowest BCUT2D eigenvalue weighted by Crippen LogP contribution is -2.44. The number of rotatable bonds is 3. The zero-order valence-electron chi connectivity index (χ0n) is 12.2. The molecule has 20 heavy (non-hydrogen) atoms. The van der Waals surface area contributed by atoms with Crippen molar-refractivity contribution in [1.29, 1.82) is 0 Å². The first-order chi connectivity index (χ1) is 9.65. The van der Waals surface area contributed by atoms with Gasteiger partial charge in [0.25, 0.3) is 0 Å². The number of fused-ring (bicyclic) bond motifs is 1. The molecule has 108 valence electrons. The number of aromatic nitrogens is 2. The maximum absolute atomic E-state index is 4.78. The Morgan fingerprint density at radius 1 is 1.30 bits per heavy atom. The molecular formula is C14H21N5S. The SMILES string of the molecule is Cc1csc2nc(N3CCNCC3)nc(NC(C)C)c12. The van der Waals surface area contributed by atoms with E-state index in [2.05, 4.69) is 41.7 Å². The summed E-state index contributed by atoms with van der Waals surface area (Å²) < 4.78 is 0. The van der Waals surface area contributed by atoms with Gasteiger partial charge in [-0.15, -0.1) is 11.3 Å². The van der Waals surface area contributed by atoms with Crippen LogP contribution >= 0.6 is 11.3 Å². The molecule has 6 heteroatoms. The van der Waals surface area contributed by atoms with Crippen LogP contribution in [0.1, 0.15) is 19.4 Å². The fourth-order valence-corrected chi connectivity index (χ4v) is 3.37. The normalized spacial score (nSPS) is 16.1. The maximum atomic E-state index is 4.78. The Balaban J connectivity index is 2.05. The van der Waals surface area contributed by atoms with Crippen LogP contribution in [0.5, 0.6) is 0 Å². The van der Waals surface area contributed by atoms with E-state index in [1.807, 2.05) is 0 Å². The Morgan fingerprint density at radius 2 is 2.05 bits per heavy atom. The van der Waals surface area contributed by atoms with E-state index in [1.165, 1.54) is 10.9 Å². The molecule has 0 aliphatic carbocycles. The van der Waals surface area contributed by atoms with E-state index >= 15 is 0 Å². The van der Waals surface area contributed by atoms with Gasteiger partial charge in [-0.2, -0.15) is 4.98 Å². The van der Waals surface area contributed by atoms with Gasteiger partial charge in [0, 0.05) is 32.2 Å². The average molecular weight is 291 g/mol. The van der Waals surface area contributed by atoms with Gasteiger partial charge < -0.3 is 15.5 Å². The molecule has 1 fully saturated rings. The lowest BCUT2D eigenvalue weighted by molar-refractivity contribution is 0.580. The van der Waals surface area contributed by atoms with Crippen LogP contribution in [0.25, 0.3) is 10.2 Å². The van der Waals surface area contributed by atoms with Crippen LogP contribution in [0, 0.1) is 6.92 Å². The Bertz CT molecular complexity index is 601. The standard InChI is InChI=1S/C14H21N5S/c1-9(2)16-12-11-10(3)8-20-13(11)18-14(17-12)19-6-4-15-5-7-19/h8-9,15H,4-7H2,1-3H3,(H,16,17,18). The predicted molar refractivity (Wildman–Crippen MR) is 86.0 cm³/mol. The predicted octanol–water partition coefficient (Wildman–Crippen LogP) is 2.23. The summed E-state index contributed by atoms with van der Waals surface area (Å²) in [5.41, 5.74) is 1.25. The van der Waals surface area contributed by atoms with Crippen LogP contribution in [-0.2, 0) is 0 Å². The van der Waals surface area contributed by atoms with Gasteiger partial charge in [-0.25, -0.2) is 4.98 Å². The maximum Gasteiger partial charge on any atom is 0.228 e. The minimum atomic E-state index is 0.364. The summed E-state index contributed by atoms with van der Waals surface area (Å²) >= 11 is 1.70. The fraction of sp³-hybridized carbons (Fsp3) is 0.571. The van der Waals surface area contributed by atoms with Crippen LogP contribution in [0.4, 0.5) is 11.8 Å². The molecule has 0 radical (unpaired) electrons. The van der Waals surface area contributed by atoms with Crippen LogP contribution in [0.15, 0.2) is 5.38 Å². The van der Waals surface area contributed by atoms with Crippen molar-refractivity contribution in [1.82, 2.24) is 15.3 Å². The zero-order valence-corrected chi connectivity index (χ0v) is 13.0. The van der Waals surface area contributed by atoms with Crippen LogP contribution in [0.3, 0.4) is 0 Å². The molecule has 1 aliphatic heterocycles. The second-order valence-electron chi connectivity index (χ2n) is 5.51. The second kappa shape index (κ2) is 5.54. The van der Waals surface area contributed by atoms with Crippen molar-refractivity contribution < 1.29 is 0 Å².